The topological polar surface area (TPSA) is 55.1 Å². The molecule has 0 saturated carbocycles. The number of aromatic nitrogens is 3. The Kier molecular flexibility index (Phi) is 5.60. The Morgan fingerprint density at radius 2 is 1.12 bits per heavy atom. The fraction of sp³-hybridized carbons (Fsp3) is 0. The minimum absolute atomic E-state index is 0.613. The van der Waals surface area contributed by atoms with Crippen molar-refractivity contribution in [3.05, 3.63) is 158 Å². The standard InChI is InChI=1S/C45H26N4O/c1-2-12-27(13-3-1)42-34-16-5-8-21-37(34)47-45(48-42)49-38-25-24-28(29-17-10-19-33-31-15-6-9-23-40(31)50-44(29)33)26-35(38)43-41-32(18-11-22-39(41)49)30-14-4-7-20-36(30)46-43/h1-26H. The highest BCUT2D eigenvalue weighted by Gasteiger charge is 2.31. The molecule has 11 rings (SSSR count). The third-order valence-corrected chi connectivity index (χ3v) is 9.99. The highest BCUT2D eigenvalue weighted by Crippen LogP contribution is 2.52. The Bertz CT molecular complexity index is 3000. The summed E-state index contributed by atoms with van der Waals surface area (Å²) in [4.78, 5) is 18.1. The van der Waals surface area contributed by atoms with E-state index in [1.807, 2.05) is 30.3 Å². The molecule has 0 N–H and O–H groups in total. The maximum Gasteiger partial charge on any atom is 0.235 e. The van der Waals surface area contributed by atoms with Crippen LogP contribution in [-0.4, -0.2) is 15.0 Å². The van der Waals surface area contributed by atoms with Crippen LogP contribution in [0.15, 0.2) is 162 Å². The van der Waals surface area contributed by atoms with Gasteiger partial charge >= 0.3 is 0 Å². The third kappa shape index (κ3) is 3.86. The number of nitrogens with zero attached hydrogens (tertiary/aromatic N) is 4. The van der Waals surface area contributed by atoms with Gasteiger partial charge < -0.3 is 4.42 Å². The van der Waals surface area contributed by atoms with Gasteiger partial charge in [0.05, 0.1) is 33.8 Å². The van der Waals surface area contributed by atoms with Crippen LogP contribution in [0.1, 0.15) is 0 Å². The van der Waals surface area contributed by atoms with Gasteiger partial charge in [-0.3, -0.25) is 4.90 Å². The maximum atomic E-state index is 6.49. The molecule has 0 radical (unpaired) electrons. The number of benzene rings is 7. The SMILES string of the molecule is c1ccc(-c2nc(N3c4ccc(-c5cccc6c5oc5ccccc56)cc4-c4nc5ccccc5c5cccc3c45)nc3ccccc23)cc1. The van der Waals surface area contributed by atoms with Crippen LogP contribution in [0.25, 0.3) is 88.2 Å². The van der Waals surface area contributed by atoms with E-state index < -0.39 is 0 Å². The van der Waals surface area contributed by atoms with Crippen LogP contribution in [0.2, 0.25) is 0 Å². The Morgan fingerprint density at radius 3 is 2.00 bits per heavy atom. The minimum Gasteiger partial charge on any atom is -0.455 e. The lowest BCUT2D eigenvalue weighted by atomic mass is 9.91. The average Bonchev–Trinajstić information content (AvgIpc) is 3.57. The Labute approximate surface area is 286 Å². The summed E-state index contributed by atoms with van der Waals surface area (Å²) < 4.78 is 6.49. The zero-order chi connectivity index (χ0) is 32.8. The zero-order valence-corrected chi connectivity index (χ0v) is 26.7. The fourth-order valence-corrected chi connectivity index (χ4v) is 7.76. The number of anilines is 3. The second-order valence-electron chi connectivity index (χ2n) is 12.8. The summed E-state index contributed by atoms with van der Waals surface area (Å²) in [7, 11) is 0. The van der Waals surface area contributed by atoms with E-state index in [1.165, 1.54) is 0 Å². The molecule has 50 heavy (non-hydrogen) atoms. The van der Waals surface area contributed by atoms with Crippen molar-refractivity contribution < 1.29 is 4.42 Å². The van der Waals surface area contributed by atoms with Gasteiger partial charge in [0, 0.05) is 43.6 Å². The molecule has 0 saturated heterocycles. The number of furan rings is 1. The van der Waals surface area contributed by atoms with Crippen LogP contribution in [0.4, 0.5) is 17.3 Å². The molecule has 10 aromatic rings. The van der Waals surface area contributed by atoms with Crippen LogP contribution in [-0.2, 0) is 0 Å². The number of rotatable bonds is 3. The van der Waals surface area contributed by atoms with Gasteiger partial charge in [0.25, 0.3) is 0 Å². The molecule has 1 aliphatic rings. The van der Waals surface area contributed by atoms with Gasteiger partial charge in [-0.25, -0.2) is 15.0 Å². The van der Waals surface area contributed by atoms with Crippen LogP contribution in [0.3, 0.4) is 0 Å². The molecule has 1 aliphatic heterocycles. The van der Waals surface area contributed by atoms with Crippen molar-refractivity contribution >= 4 is 71.8 Å². The summed E-state index contributed by atoms with van der Waals surface area (Å²) >= 11 is 0. The van der Waals surface area contributed by atoms with E-state index in [1.54, 1.807) is 0 Å². The number of hydrogen-bond donors (Lipinski definition) is 0. The molecule has 0 amide bonds. The number of fused-ring (bicyclic) bond motifs is 8. The molecule has 232 valence electrons. The third-order valence-electron chi connectivity index (χ3n) is 9.99. The van der Waals surface area contributed by atoms with Gasteiger partial charge in [0.15, 0.2) is 0 Å². The molecule has 0 spiro atoms. The molecule has 0 aliphatic carbocycles. The van der Waals surface area contributed by atoms with Crippen molar-refractivity contribution in [2.45, 2.75) is 0 Å². The molecule has 3 aromatic heterocycles. The van der Waals surface area contributed by atoms with E-state index in [9.17, 15) is 0 Å². The molecule has 5 heteroatoms. The second-order valence-corrected chi connectivity index (χ2v) is 12.8. The summed E-state index contributed by atoms with van der Waals surface area (Å²) in [6, 6.07) is 54.7. The molecular formula is C45H26N4O. The Balaban J connectivity index is 1.23. The summed E-state index contributed by atoms with van der Waals surface area (Å²) in [5, 5.41) is 6.57. The van der Waals surface area contributed by atoms with Gasteiger partial charge in [-0.1, -0.05) is 121 Å². The van der Waals surface area contributed by atoms with Gasteiger partial charge in [-0.15, -0.1) is 0 Å². The van der Waals surface area contributed by atoms with Crippen LogP contribution >= 0.6 is 0 Å². The number of pyridine rings is 1. The first-order valence-corrected chi connectivity index (χ1v) is 16.8. The molecule has 5 nitrogen and oxygen atoms in total. The first kappa shape index (κ1) is 27.1. The minimum atomic E-state index is 0.613. The van der Waals surface area contributed by atoms with Crippen molar-refractivity contribution in [1.82, 2.24) is 15.0 Å². The van der Waals surface area contributed by atoms with Crippen LogP contribution < -0.4 is 4.90 Å². The van der Waals surface area contributed by atoms with Gasteiger partial charge in [0.1, 0.15) is 11.2 Å². The van der Waals surface area contributed by atoms with E-state index >= 15 is 0 Å². The number of hydrogen-bond acceptors (Lipinski definition) is 5. The lowest BCUT2D eigenvalue weighted by molar-refractivity contribution is 0.670. The second kappa shape index (κ2) is 10.3. The monoisotopic (exact) mass is 638 g/mol. The molecule has 0 unspecified atom stereocenters. The summed E-state index contributed by atoms with van der Waals surface area (Å²) in [5.41, 5.74) is 11.6. The normalized spacial score (nSPS) is 12.4. The van der Waals surface area contributed by atoms with Crippen molar-refractivity contribution in [3.8, 4) is 33.6 Å². The van der Waals surface area contributed by atoms with E-state index in [0.717, 1.165) is 99.5 Å². The van der Waals surface area contributed by atoms with Crippen LogP contribution in [0.5, 0.6) is 0 Å². The first-order chi connectivity index (χ1) is 24.8. The molecule has 0 bridgehead atoms. The highest BCUT2D eigenvalue weighted by molar-refractivity contribution is 6.20. The predicted octanol–water partition coefficient (Wildman–Crippen LogP) is 12.0. The fourth-order valence-electron chi connectivity index (χ4n) is 7.76. The largest absolute Gasteiger partial charge is 0.455 e. The zero-order valence-electron chi connectivity index (χ0n) is 26.7. The van der Waals surface area contributed by atoms with E-state index in [-0.39, 0.29) is 0 Å². The lowest BCUT2D eigenvalue weighted by Crippen LogP contribution is -2.18. The predicted molar refractivity (Wildman–Crippen MR) is 204 cm³/mol. The van der Waals surface area contributed by atoms with Crippen molar-refractivity contribution in [2.24, 2.45) is 0 Å². The molecular weight excluding hydrogens is 613 g/mol. The van der Waals surface area contributed by atoms with Crippen molar-refractivity contribution in [3.63, 3.8) is 0 Å². The summed E-state index contributed by atoms with van der Waals surface area (Å²) in [6.45, 7) is 0. The average molecular weight is 639 g/mol. The van der Waals surface area contributed by atoms with Gasteiger partial charge in [0.2, 0.25) is 5.95 Å². The molecule has 7 aromatic carbocycles. The van der Waals surface area contributed by atoms with Crippen molar-refractivity contribution in [2.75, 3.05) is 4.90 Å². The Hall–Kier alpha value is -6.85. The van der Waals surface area contributed by atoms with E-state index in [0.29, 0.717) is 5.95 Å². The summed E-state index contributed by atoms with van der Waals surface area (Å²) in [5.74, 6) is 0.613. The molecule has 0 atom stereocenters. The van der Waals surface area contributed by atoms with Crippen LogP contribution in [0, 0.1) is 0 Å². The maximum absolute atomic E-state index is 6.49. The van der Waals surface area contributed by atoms with E-state index in [4.69, 9.17) is 19.4 Å². The van der Waals surface area contributed by atoms with E-state index in [2.05, 4.69) is 132 Å². The molecule has 0 fully saturated rings. The highest BCUT2D eigenvalue weighted by atomic mass is 16.3. The van der Waals surface area contributed by atoms with Gasteiger partial charge in [-0.2, -0.15) is 0 Å². The lowest BCUT2D eigenvalue weighted by Gasteiger charge is -2.32. The quantitative estimate of drug-likeness (QED) is 0.180. The number of para-hydroxylation sites is 4. The molecule has 4 heterocycles. The first-order valence-electron chi connectivity index (χ1n) is 16.8. The Morgan fingerprint density at radius 1 is 0.420 bits per heavy atom. The summed E-state index contributed by atoms with van der Waals surface area (Å²) in [6.07, 6.45) is 0. The smallest absolute Gasteiger partial charge is 0.235 e. The van der Waals surface area contributed by atoms with Crippen molar-refractivity contribution in [1.29, 1.82) is 0 Å². The van der Waals surface area contributed by atoms with Gasteiger partial charge in [-0.05, 0) is 47.3 Å².